The smallest absolute Gasteiger partial charge is 0.431 e. The number of nitrogens with zero attached hydrogens (tertiary/aromatic N) is 3. The predicted octanol–water partition coefficient (Wildman–Crippen LogP) is 3.37. The third kappa shape index (κ3) is 3.33. The highest BCUT2D eigenvalue weighted by Gasteiger charge is 2.36. The van der Waals surface area contributed by atoms with Crippen LogP contribution in [-0.2, 0) is 23.6 Å². The molecule has 0 atom stereocenters. The number of ether oxygens (including phenoxy) is 1. The Kier molecular flexibility index (Phi) is 4.86. The molecule has 0 aliphatic carbocycles. The van der Waals surface area contributed by atoms with Crippen molar-refractivity contribution in [2.24, 2.45) is 7.05 Å². The van der Waals surface area contributed by atoms with Crippen molar-refractivity contribution in [3.05, 3.63) is 55.4 Å². The van der Waals surface area contributed by atoms with Crippen molar-refractivity contribution in [3.8, 4) is 5.69 Å². The topological polar surface area (TPSA) is 79.3 Å². The maximum Gasteiger partial charge on any atom is 0.431 e. The highest BCUT2D eigenvalue weighted by molar-refractivity contribution is 6.35. The minimum atomic E-state index is -4.96. The summed E-state index contributed by atoms with van der Waals surface area (Å²) in [5.74, 6) is -1.19. The summed E-state index contributed by atoms with van der Waals surface area (Å²) >= 11 is 6.00. The average Bonchev–Trinajstić information content (AvgIpc) is 3.06. The molecule has 0 bridgehead atoms. The second-order valence-electron chi connectivity index (χ2n) is 6.64. The van der Waals surface area contributed by atoms with Gasteiger partial charge in [0.1, 0.15) is 22.5 Å². The van der Waals surface area contributed by atoms with Gasteiger partial charge in [0.05, 0.1) is 5.02 Å². The van der Waals surface area contributed by atoms with E-state index in [9.17, 15) is 27.2 Å². The van der Waals surface area contributed by atoms with Gasteiger partial charge in [0.25, 0.3) is 5.56 Å². The van der Waals surface area contributed by atoms with Crippen LogP contribution < -0.4 is 11.2 Å². The number of hydrogen-bond acceptors (Lipinski definition) is 5. The van der Waals surface area contributed by atoms with Gasteiger partial charge in [-0.25, -0.2) is 18.7 Å². The minimum absolute atomic E-state index is 0.0412. The van der Waals surface area contributed by atoms with Gasteiger partial charge in [-0.05, 0) is 19.9 Å². The Hall–Kier alpha value is -2.66. The van der Waals surface area contributed by atoms with Crippen LogP contribution in [0.4, 0.5) is 17.6 Å². The highest BCUT2D eigenvalue weighted by atomic mass is 35.5. The first kappa shape index (κ1) is 21.1. The second-order valence-corrected chi connectivity index (χ2v) is 7.05. The lowest BCUT2D eigenvalue weighted by atomic mass is 10.1. The summed E-state index contributed by atoms with van der Waals surface area (Å²) in [6, 6.07) is 0.979. The van der Waals surface area contributed by atoms with Crippen LogP contribution in [0.25, 0.3) is 16.8 Å². The number of oxazole rings is 1. The predicted molar refractivity (Wildman–Crippen MR) is 94.9 cm³/mol. The molecule has 2 aromatic heterocycles. The van der Waals surface area contributed by atoms with Crippen molar-refractivity contribution in [1.29, 1.82) is 0 Å². The SMILES string of the molecule is COC(C)(C)c1nc2c(Cl)cc(F)c(-n3c(=O)cc(C(F)(F)F)n(C)c3=O)c2o1. The molecule has 0 amide bonds. The monoisotopic (exact) mass is 435 g/mol. The molecule has 0 fully saturated rings. The summed E-state index contributed by atoms with van der Waals surface area (Å²) in [6.45, 7) is 3.18. The van der Waals surface area contributed by atoms with Crippen molar-refractivity contribution in [2.75, 3.05) is 7.11 Å². The number of halogens is 5. The Labute approximate surface area is 165 Å². The molecule has 0 saturated carbocycles. The Morgan fingerprint density at radius 2 is 1.83 bits per heavy atom. The number of fused-ring (bicyclic) bond motifs is 1. The molecular formula is C17H14ClF4N3O4. The normalized spacial score (nSPS) is 12.7. The third-order valence-corrected chi connectivity index (χ3v) is 4.70. The van der Waals surface area contributed by atoms with Crippen LogP contribution in [0, 0.1) is 5.82 Å². The van der Waals surface area contributed by atoms with E-state index in [1.807, 2.05) is 0 Å². The van der Waals surface area contributed by atoms with E-state index in [4.69, 9.17) is 20.8 Å². The molecule has 3 aromatic rings. The van der Waals surface area contributed by atoms with Crippen LogP contribution in [0.3, 0.4) is 0 Å². The minimum Gasteiger partial charge on any atom is -0.435 e. The number of benzene rings is 1. The zero-order valence-electron chi connectivity index (χ0n) is 15.5. The van der Waals surface area contributed by atoms with Gasteiger partial charge in [-0.3, -0.25) is 9.36 Å². The fourth-order valence-corrected chi connectivity index (χ4v) is 2.88. The van der Waals surface area contributed by atoms with Crippen molar-refractivity contribution >= 4 is 22.7 Å². The summed E-state index contributed by atoms with van der Waals surface area (Å²) < 4.78 is 65.1. The van der Waals surface area contributed by atoms with Gasteiger partial charge in [0, 0.05) is 20.2 Å². The van der Waals surface area contributed by atoms with E-state index in [2.05, 4.69) is 4.98 Å². The van der Waals surface area contributed by atoms with Crippen molar-refractivity contribution in [3.63, 3.8) is 0 Å². The van der Waals surface area contributed by atoms with Gasteiger partial charge in [-0.1, -0.05) is 11.6 Å². The molecule has 0 radical (unpaired) electrons. The molecule has 0 spiro atoms. The second kappa shape index (κ2) is 6.70. The first-order valence-corrected chi connectivity index (χ1v) is 8.42. The molecule has 0 N–H and O–H groups in total. The van der Waals surface area contributed by atoms with Gasteiger partial charge in [0.15, 0.2) is 11.4 Å². The molecule has 3 rings (SSSR count). The maximum atomic E-state index is 14.7. The summed E-state index contributed by atoms with van der Waals surface area (Å²) in [5, 5.41) is -0.181. The van der Waals surface area contributed by atoms with Crippen LogP contribution in [0.15, 0.2) is 26.1 Å². The maximum absolute atomic E-state index is 14.7. The Bertz CT molecular complexity index is 1240. The van der Waals surface area contributed by atoms with E-state index in [0.29, 0.717) is 0 Å². The summed E-state index contributed by atoms with van der Waals surface area (Å²) in [7, 11) is 2.18. The summed E-state index contributed by atoms with van der Waals surface area (Å²) in [4.78, 5) is 29.0. The Balaban J connectivity index is 2.44. The molecule has 12 heteroatoms. The molecule has 1 aromatic carbocycles. The van der Waals surface area contributed by atoms with Crippen LogP contribution in [0.2, 0.25) is 5.02 Å². The third-order valence-electron chi connectivity index (χ3n) is 4.41. The zero-order chi connectivity index (χ0) is 21.9. The molecule has 2 heterocycles. The Morgan fingerprint density at radius 3 is 2.38 bits per heavy atom. The number of methoxy groups -OCH3 is 1. The fraction of sp³-hybridized carbons (Fsp3) is 0.353. The fourth-order valence-electron chi connectivity index (χ4n) is 2.66. The lowest BCUT2D eigenvalue weighted by Crippen LogP contribution is -2.41. The van der Waals surface area contributed by atoms with Gasteiger partial charge in [0.2, 0.25) is 5.89 Å². The first-order valence-electron chi connectivity index (χ1n) is 8.04. The van der Waals surface area contributed by atoms with Crippen LogP contribution in [-0.4, -0.2) is 21.2 Å². The quantitative estimate of drug-likeness (QED) is 0.589. The van der Waals surface area contributed by atoms with Crippen LogP contribution >= 0.6 is 11.6 Å². The van der Waals surface area contributed by atoms with Crippen molar-refractivity contribution in [1.82, 2.24) is 14.1 Å². The number of alkyl halides is 3. The van der Waals surface area contributed by atoms with Crippen molar-refractivity contribution in [2.45, 2.75) is 25.6 Å². The number of rotatable bonds is 3. The molecule has 0 aliphatic rings. The molecule has 0 aliphatic heterocycles. The van der Waals surface area contributed by atoms with E-state index in [0.717, 1.165) is 13.1 Å². The van der Waals surface area contributed by atoms with Crippen LogP contribution in [0.1, 0.15) is 25.4 Å². The van der Waals surface area contributed by atoms with Crippen molar-refractivity contribution < 1.29 is 26.7 Å². The van der Waals surface area contributed by atoms with E-state index in [1.165, 1.54) is 7.11 Å². The average molecular weight is 436 g/mol. The first-order chi connectivity index (χ1) is 13.3. The summed E-state index contributed by atoms with van der Waals surface area (Å²) in [6.07, 6.45) is -4.96. The van der Waals surface area contributed by atoms with E-state index >= 15 is 0 Å². The molecule has 0 saturated heterocycles. The van der Waals surface area contributed by atoms with Gasteiger partial charge in [-0.15, -0.1) is 0 Å². The largest absolute Gasteiger partial charge is 0.435 e. The molecule has 7 nitrogen and oxygen atoms in total. The van der Waals surface area contributed by atoms with Gasteiger partial charge in [-0.2, -0.15) is 13.2 Å². The lowest BCUT2D eigenvalue weighted by molar-refractivity contribution is -0.144. The molecule has 156 valence electrons. The molecular weight excluding hydrogens is 422 g/mol. The van der Waals surface area contributed by atoms with Gasteiger partial charge < -0.3 is 9.15 Å². The number of hydrogen-bond donors (Lipinski definition) is 0. The van der Waals surface area contributed by atoms with Gasteiger partial charge >= 0.3 is 11.9 Å². The van der Waals surface area contributed by atoms with Crippen LogP contribution in [0.5, 0.6) is 0 Å². The molecule has 29 heavy (non-hydrogen) atoms. The molecule has 0 unspecified atom stereocenters. The standard InChI is InChI=1S/C17H14ClF4N3O4/c1-16(2,28-4)14-23-11-7(18)5-8(19)12(13(11)29-14)25-10(26)6-9(17(20,21)22)24(3)15(25)27/h5-6H,1-4H3. The van der Waals surface area contributed by atoms with E-state index < -0.39 is 40.2 Å². The summed E-state index contributed by atoms with van der Waals surface area (Å²) in [5.41, 5.74) is -6.54. The van der Waals surface area contributed by atoms with E-state index in [1.54, 1.807) is 13.8 Å². The Morgan fingerprint density at radius 1 is 1.21 bits per heavy atom. The number of aromatic nitrogens is 3. The van der Waals surface area contributed by atoms with E-state index in [-0.39, 0.29) is 37.2 Å². The highest BCUT2D eigenvalue weighted by Crippen LogP contribution is 2.35. The zero-order valence-corrected chi connectivity index (χ0v) is 16.3. The lowest BCUT2D eigenvalue weighted by Gasteiger charge is -2.17.